The molecule has 86 valence electrons. The van der Waals surface area contributed by atoms with Crippen molar-refractivity contribution in [3.8, 4) is 0 Å². The summed E-state index contributed by atoms with van der Waals surface area (Å²) in [4.78, 5) is 2.13. The number of hydrogen-bond acceptors (Lipinski definition) is 10. The van der Waals surface area contributed by atoms with Crippen molar-refractivity contribution < 1.29 is 0 Å². The Morgan fingerprint density at radius 2 is 1.12 bits per heavy atom. The summed E-state index contributed by atoms with van der Waals surface area (Å²) in [5.74, 6) is 0. The van der Waals surface area contributed by atoms with Crippen LogP contribution in [0.5, 0.6) is 0 Å². The molecule has 10 heteroatoms. The third kappa shape index (κ3) is 3.28. The number of rotatable bonds is 3. The molecule has 16 heavy (non-hydrogen) atoms. The maximum atomic E-state index is 5.24. The van der Waals surface area contributed by atoms with Crippen molar-refractivity contribution in [1.29, 1.82) is 0 Å². The van der Waals surface area contributed by atoms with Crippen LogP contribution in [0.3, 0.4) is 0 Å². The highest BCUT2D eigenvalue weighted by molar-refractivity contribution is 8.76. The Morgan fingerprint density at radius 3 is 1.38 bits per heavy atom. The molecule has 0 unspecified atom stereocenters. The summed E-state index contributed by atoms with van der Waals surface area (Å²) in [7, 11) is 9.62. The Hall–Kier alpha value is 1.94. The van der Waals surface area contributed by atoms with Gasteiger partial charge in [0.15, 0.2) is 0 Å². The van der Waals surface area contributed by atoms with Gasteiger partial charge in [0.05, 0.1) is 18.2 Å². The second-order valence-corrected chi connectivity index (χ2v) is 11.6. The van der Waals surface area contributed by atoms with E-state index >= 15 is 0 Å². The van der Waals surface area contributed by atoms with E-state index in [-0.39, 0.29) is 0 Å². The molecule has 0 radical (unpaired) electrons. The lowest BCUT2D eigenvalue weighted by molar-refractivity contribution is 1.41. The molecule has 0 fully saturated rings. The molecule has 2 aromatic rings. The second-order valence-electron chi connectivity index (χ2n) is 2.34. The van der Waals surface area contributed by atoms with Crippen molar-refractivity contribution in [2.45, 2.75) is 18.2 Å². The molecule has 0 aliphatic carbocycles. The quantitative estimate of drug-likeness (QED) is 0.335. The highest BCUT2D eigenvalue weighted by Gasteiger charge is 2.11. The lowest BCUT2D eigenvalue weighted by atomic mass is 10.8. The zero-order valence-corrected chi connectivity index (χ0v) is 15.5. The van der Waals surface area contributed by atoms with E-state index in [1.54, 1.807) is 62.9 Å². The molecule has 0 aliphatic rings. The molecule has 0 saturated heterocycles. The van der Waals surface area contributed by atoms with Gasteiger partial charge in [-0.05, 0) is 21.6 Å². The molecule has 2 rings (SSSR count). The maximum absolute atomic E-state index is 5.24. The lowest BCUT2D eigenvalue weighted by Gasteiger charge is -1.97. The average molecular weight is 395 g/mol. The molecule has 0 saturated carbocycles. The zero-order chi connectivity index (χ0) is 11.7. The Kier molecular flexibility index (Phi) is 5.74. The standard InChI is InChI=1S/C6H2S10/c7-3-1(4(8)14-13-3)11-12-2-5(9)15-16-6(2)10/h7,9H. The van der Waals surface area contributed by atoms with Gasteiger partial charge in [-0.25, -0.2) is 0 Å². The average Bonchev–Trinajstić information content (AvgIpc) is 2.72. The van der Waals surface area contributed by atoms with E-state index in [2.05, 4.69) is 25.3 Å². The summed E-state index contributed by atoms with van der Waals surface area (Å²) in [5.41, 5.74) is 0. The Morgan fingerprint density at radius 1 is 0.750 bits per heavy atom. The Balaban J connectivity index is 2.20. The van der Waals surface area contributed by atoms with Crippen LogP contribution in [0.2, 0.25) is 0 Å². The van der Waals surface area contributed by atoms with E-state index in [1.165, 1.54) is 0 Å². The van der Waals surface area contributed by atoms with Crippen LogP contribution in [-0.4, -0.2) is 0 Å². The fourth-order valence-corrected chi connectivity index (χ4v) is 11.3. The first-order chi connectivity index (χ1) is 7.59. The van der Waals surface area contributed by atoms with Gasteiger partial charge in [0.25, 0.3) is 0 Å². The predicted molar refractivity (Wildman–Crippen MR) is 92.3 cm³/mol. The third-order valence-corrected chi connectivity index (χ3v) is 12.3. The minimum atomic E-state index is 0.901. The van der Waals surface area contributed by atoms with Crippen molar-refractivity contribution in [3.05, 3.63) is 7.65 Å². The molecule has 0 aliphatic heterocycles. The van der Waals surface area contributed by atoms with Crippen molar-refractivity contribution >= 4 is 113 Å². The molecular weight excluding hydrogens is 393 g/mol. The van der Waals surface area contributed by atoms with Gasteiger partial charge in [0.2, 0.25) is 0 Å². The largest absolute Gasteiger partial charge is 0.131 e. The van der Waals surface area contributed by atoms with Gasteiger partial charge in [0.1, 0.15) is 7.65 Å². The van der Waals surface area contributed by atoms with Crippen LogP contribution < -0.4 is 0 Å². The predicted octanol–water partition coefficient (Wildman–Crippen LogP) is 6.77. The van der Waals surface area contributed by atoms with Gasteiger partial charge in [0, 0.05) is 0 Å². The van der Waals surface area contributed by atoms with Crippen LogP contribution in [0.25, 0.3) is 0 Å². The lowest BCUT2D eigenvalue weighted by Crippen LogP contribution is -1.65. The van der Waals surface area contributed by atoms with E-state index in [9.17, 15) is 0 Å². The number of thiol groups is 2. The van der Waals surface area contributed by atoms with Crippen molar-refractivity contribution in [3.63, 3.8) is 0 Å². The summed E-state index contributed by atoms with van der Waals surface area (Å²) < 4.78 is 3.77. The SMILES string of the molecule is S=c1ssc(S)c1SSc1c(S)ssc1=S. The first-order valence-corrected chi connectivity index (χ1v) is 11.7. The molecule has 0 amide bonds. The molecule has 2 aromatic heterocycles. The van der Waals surface area contributed by atoms with Crippen LogP contribution in [0.1, 0.15) is 0 Å². The Bertz CT molecular complexity index is 539. The van der Waals surface area contributed by atoms with Gasteiger partial charge in [-0.3, -0.25) is 0 Å². The van der Waals surface area contributed by atoms with Crippen molar-refractivity contribution in [2.24, 2.45) is 0 Å². The van der Waals surface area contributed by atoms with E-state index in [0.717, 1.165) is 25.9 Å². The smallest absolute Gasteiger partial charge is 0.117 e. The van der Waals surface area contributed by atoms with Crippen molar-refractivity contribution in [1.82, 2.24) is 0 Å². The summed E-state index contributed by atoms with van der Waals surface area (Å²) in [5, 5.41) is 0. The van der Waals surface area contributed by atoms with Crippen LogP contribution in [0.4, 0.5) is 0 Å². The second kappa shape index (κ2) is 6.40. The van der Waals surface area contributed by atoms with Crippen LogP contribution in [-0.2, 0) is 0 Å². The molecule has 0 N–H and O–H groups in total. The van der Waals surface area contributed by atoms with E-state index in [1.807, 2.05) is 0 Å². The van der Waals surface area contributed by atoms with E-state index in [0.29, 0.717) is 0 Å². The summed E-state index contributed by atoms with van der Waals surface area (Å²) in [6.45, 7) is 0. The normalized spacial score (nSPS) is 10.9. The van der Waals surface area contributed by atoms with E-state index < -0.39 is 0 Å². The summed E-state index contributed by atoms with van der Waals surface area (Å²) >= 11 is 19.3. The summed E-state index contributed by atoms with van der Waals surface area (Å²) in [6.07, 6.45) is 0. The number of hydrogen-bond donors (Lipinski definition) is 2. The molecule has 0 atom stereocenters. The topological polar surface area (TPSA) is 0 Å². The Labute approximate surface area is 137 Å². The zero-order valence-electron chi connectivity index (χ0n) is 7.16. The van der Waals surface area contributed by atoms with Gasteiger partial charge in [-0.1, -0.05) is 65.8 Å². The van der Waals surface area contributed by atoms with Crippen LogP contribution >= 0.6 is 113 Å². The molecule has 0 bridgehead atoms. The molecular formula is C6H2S10. The highest BCUT2D eigenvalue weighted by Crippen LogP contribution is 2.48. The van der Waals surface area contributed by atoms with Gasteiger partial charge in [-0.2, -0.15) is 0 Å². The van der Waals surface area contributed by atoms with Crippen LogP contribution in [0, 0.1) is 7.65 Å². The van der Waals surface area contributed by atoms with Gasteiger partial charge < -0.3 is 0 Å². The van der Waals surface area contributed by atoms with Gasteiger partial charge in [-0.15, -0.1) is 25.3 Å². The summed E-state index contributed by atoms with van der Waals surface area (Å²) in [6, 6.07) is 0. The monoisotopic (exact) mass is 394 g/mol. The van der Waals surface area contributed by atoms with E-state index in [4.69, 9.17) is 24.4 Å². The molecule has 0 spiro atoms. The molecule has 0 aromatic carbocycles. The maximum Gasteiger partial charge on any atom is 0.117 e. The van der Waals surface area contributed by atoms with Gasteiger partial charge >= 0.3 is 0 Å². The van der Waals surface area contributed by atoms with Crippen molar-refractivity contribution in [2.75, 3.05) is 0 Å². The minimum absolute atomic E-state index is 0.901. The fraction of sp³-hybridized carbons (Fsp3) is 0. The molecule has 0 nitrogen and oxygen atoms in total. The highest BCUT2D eigenvalue weighted by atomic mass is 33.1. The fourth-order valence-electron chi connectivity index (χ4n) is 0.703. The molecule has 2 heterocycles. The third-order valence-electron chi connectivity index (χ3n) is 1.36. The first-order valence-electron chi connectivity index (χ1n) is 3.58. The minimum Gasteiger partial charge on any atom is -0.131 e. The first kappa shape index (κ1) is 14.4. The van der Waals surface area contributed by atoms with Crippen LogP contribution in [0.15, 0.2) is 18.2 Å².